The quantitative estimate of drug-likeness (QED) is 0.424. The molecule has 1 N–H and O–H groups in total. The first-order valence-corrected chi connectivity index (χ1v) is 6.14. The molecule has 2 aliphatic rings. The van der Waals surface area contributed by atoms with Gasteiger partial charge in [-0.25, -0.2) is 4.79 Å². The fourth-order valence-electron chi connectivity index (χ4n) is 2.38. The van der Waals surface area contributed by atoms with Gasteiger partial charge in [-0.1, -0.05) is 6.08 Å². The van der Waals surface area contributed by atoms with E-state index in [1.165, 1.54) is 32.8 Å². The molecule has 0 aromatic carbocycles. The molecular formula is C13H21NO2. The number of hydrogen-bond acceptors (Lipinski definition) is 3. The molecule has 0 spiro atoms. The van der Waals surface area contributed by atoms with Crippen molar-refractivity contribution in [3.8, 4) is 0 Å². The molecule has 90 valence electrons. The van der Waals surface area contributed by atoms with Crippen LogP contribution in [0.15, 0.2) is 11.6 Å². The fraction of sp³-hybridized carbons (Fsp3) is 0.769. The van der Waals surface area contributed by atoms with Gasteiger partial charge < -0.3 is 10.1 Å². The highest BCUT2D eigenvalue weighted by atomic mass is 16.5. The van der Waals surface area contributed by atoms with E-state index >= 15 is 0 Å². The average molecular weight is 223 g/mol. The second kappa shape index (κ2) is 4.58. The summed E-state index contributed by atoms with van der Waals surface area (Å²) in [5.41, 5.74) is 1.32. The Labute approximate surface area is 97.2 Å². The lowest BCUT2D eigenvalue weighted by Gasteiger charge is -2.13. The number of methoxy groups -OCH3 is 1. The van der Waals surface area contributed by atoms with Crippen molar-refractivity contribution in [2.45, 2.75) is 32.6 Å². The van der Waals surface area contributed by atoms with Gasteiger partial charge in [-0.05, 0) is 43.9 Å². The first kappa shape index (κ1) is 11.6. The van der Waals surface area contributed by atoms with E-state index in [1.807, 2.05) is 6.08 Å². The lowest BCUT2D eigenvalue weighted by Crippen LogP contribution is -2.25. The van der Waals surface area contributed by atoms with Crippen LogP contribution in [0.3, 0.4) is 0 Å². The molecular weight excluding hydrogens is 202 g/mol. The minimum Gasteiger partial charge on any atom is -0.466 e. The zero-order chi connectivity index (χ0) is 11.6. The van der Waals surface area contributed by atoms with Crippen LogP contribution in [0.4, 0.5) is 0 Å². The summed E-state index contributed by atoms with van der Waals surface area (Å²) in [6, 6.07) is 0. The highest BCUT2D eigenvalue weighted by Crippen LogP contribution is 2.60. The number of hydrogen-bond donors (Lipinski definition) is 1. The predicted molar refractivity (Wildman–Crippen MR) is 63.0 cm³/mol. The highest BCUT2D eigenvalue weighted by molar-refractivity contribution is 5.87. The number of ether oxygens (including phenoxy) is 1. The van der Waals surface area contributed by atoms with E-state index in [2.05, 4.69) is 10.1 Å². The van der Waals surface area contributed by atoms with E-state index in [0.29, 0.717) is 11.0 Å². The Bertz CT molecular complexity index is 301. The number of esters is 1. The first-order valence-electron chi connectivity index (χ1n) is 6.14. The van der Waals surface area contributed by atoms with Crippen LogP contribution in [-0.4, -0.2) is 26.2 Å². The molecule has 16 heavy (non-hydrogen) atoms. The van der Waals surface area contributed by atoms with Crippen LogP contribution >= 0.6 is 0 Å². The van der Waals surface area contributed by atoms with Crippen LogP contribution < -0.4 is 5.32 Å². The zero-order valence-electron chi connectivity index (χ0n) is 10.2. The van der Waals surface area contributed by atoms with Crippen molar-refractivity contribution in [2.75, 3.05) is 20.2 Å². The maximum absolute atomic E-state index is 11.1. The molecule has 2 aliphatic carbocycles. The van der Waals surface area contributed by atoms with Gasteiger partial charge in [-0.2, -0.15) is 0 Å². The molecule has 2 saturated carbocycles. The Hall–Kier alpha value is -0.830. The lowest BCUT2D eigenvalue weighted by molar-refractivity contribution is -0.136. The van der Waals surface area contributed by atoms with Crippen molar-refractivity contribution in [3.63, 3.8) is 0 Å². The van der Waals surface area contributed by atoms with Crippen LogP contribution in [-0.2, 0) is 9.53 Å². The highest BCUT2D eigenvalue weighted by Gasteiger charge is 2.52. The Kier molecular flexibility index (Phi) is 3.33. The van der Waals surface area contributed by atoms with Gasteiger partial charge in [0, 0.05) is 18.7 Å². The molecule has 0 heterocycles. The summed E-state index contributed by atoms with van der Waals surface area (Å²) in [6.07, 6.45) is 7.56. The van der Waals surface area contributed by atoms with Crippen molar-refractivity contribution in [3.05, 3.63) is 11.6 Å². The third kappa shape index (κ3) is 2.64. The minimum atomic E-state index is -0.231. The Morgan fingerprint density at radius 3 is 2.69 bits per heavy atom. The summed E-state index contributed by atoms with van der Waals surface area (Å²) in [4.78, 5) is 11.1. The standard InChI is InChI=1S/C13H21NO2/c1-10(12(15)16-2)5-8-14-9-13(6-7-13)11-3-4-11/h5,11,14H,3-4,6-9H2,1-2H3. The Morgan fingerprint density at radius 2 is 2.19 bits per heavy atom. The molecule has 3 nitrogen and oxygen atoms in total. The van der Waals surface area contributed by atoms with E-state index in [1.54, 1.807) is 6.92 Å². The lowest BCUT2D eigenvalue weighted by atomic mass is 10.0. The average Bonchev–Trinajstić information content (AvgIpc) is 3.14. The molecule has 0 amide bonds. The van der Waals surface area contributed by atoms with Gasteiger partial charge in [0.2, 0.25) is 0 Å². The van der Waals surface area contributed by atoms with E-state index < -0.39 is 0 Å². The molecule has 0 atom stereocenters. The molecule has 0 aliphatic heterocycles. The van der Waals surface area contributed by atoms with Crippen LogP contribution in [0.1, 0.15) is 32.6 Å². The van der Waals surface area contributed by atoms with Gasteiger partial charge in [-0.3, -0.25) is 0 Å². The first-order chi connectivity index (χ1) is 7.68. The second-order valence-electron chi connectivity index (χ2n) is 5.15. The third-order valence-electron chi connectivity index (χ3n) is 3.87. The molecule has 2 fully saturated rings. The molecule has 2 rings (SSSR count). The summed E-state index contributed by atoms with van der Waals surface area (Å²) in [5, 5.41) is 3.44. The number of carbonyl (C=O) groups is 1. The van der Waals surface area contributed by atoms with Crippen LogP contribution in [0.5, 0.6) is 0 Å². The van der Waals surface area contributed by atoms with Gasteiger partial charge >= 0.3 is 5.97 Å². The molecule has 0 bridgehead atoms. The monoisotopic (exact) mass is 223 g/mol. The summed E-state index contributed by atoms with van der Waals surface area (Å²) in [5.74, 6) is 0.760. The molecule has 0 unspecified atom stereocenters. The van der Waals surface area contributed by atoms with Crippen molar-refractivity contribution in [1.82, 2.24) is 5.32 Å². The maximum Gasteiger partial charge on any atom is 0.333 e. The summed E-state index contributed by atoms with van der Waals surface area (Å²) in [6.45, 7) is 3.68. The van der Waals surface area contributed by atoms with E-state index in [0.717, 1.165) is 19.0 Å². The largest absolute Gasteiger partial charge is 0.466 e. The minimum absolute atomic E-state index is 0.231. The van der Waals surface area contributed by atoms with Crippen LogP contribution in [0.2, 0.25) is 0 Å². The van der Waals surface area contributed by atoms with Crippen molar-refractivity contribution in [1.29, 1.82) is 0 Å². The molecule has 3 heteroatoms. The van der Waals surface area contributed by atoms with Crippen molar-refractivity contribution in [2.24, 2.45) is 11.3 Å². The number of carbonyl (C=O) groups excluding carboxylic acids is 1. The zero-order valence-corrected chi connectivity index (χ0v) is 10.2. The van der Waals surface area contributed by atoms with Gasteiger partial charge in [0.25, 0.3) is 0 Å². The second-order valence-corrected chi connectivity index (χ2v) is 5.15. The summed E-state index contributed by atoms with van der Waals surface area (Å²) in [7, 11) is 1.42. The van der Waals surface area contributed by atoms with Gasteiger partial charge in [-0.15, -0.1) is 0 Å². The van der Waals surface area contributed by atoms with Crippen LogP contribution in [0, 0.1) is 11.3 Å². The Morgan fingerprint density at radius 1 is 1.50 bits per heavy atom. The van der Waals surface area contributed by atoms with Gasteiger partial charge in [0.1, 0.15) is 0 Å². The predicted octanol–water partition coefficient (Wildman–Crippen LogP) is 1.89. The van der Waals surface area contributed by atoms with E-state index in [-0.39, 0.29) is 5.97 Å². The third-order valence-corrected chi connectivity index (χ3v) is 3.87. The summed E-state index contributed by atoms with van der Waals surface area (Å²) < 4.78 is 4.64. The molecule has 0 aromatic rings. The Balaban J connectivity index is 1.66. The fourth-order valence-corrected chi connectivity index (χ4v) is 2.38. The molecule has 0 saturated heterocycles. The van der Waals surface area contributed by atoms with Gasteiger partial charge in [0.15, 0.2) is 0 Å². The number of nitrogens with one attached hydrogen (secondary N) is 1. The SMILES string of the molecule is COC(=O)C(C)=CCNCC1(C2CC2)CC1. The maximum atomic E-state index is 11.1. The van der Waals surface area contributed by atoms with Crippen LogP contribution in [0.25, 0.3) is 0 Å². The molecule has 0 aromatic heterocycles. The van der Waals surface area contributed by atoms with Gasteiger partial charge in [0.05, 0.1) is 7.11 Å². The van der Waals surface area contributed by atoms with E-state index in [9.17, 15) is 4.79 Å². The summed E-state index contributed by atoms with van der Waals surface area (Å²) >= 11 is 0. The normalized spacial score (nSPS) is 23.0. The molecule has 0 radical (unpaired) electrons. The topological polar surface area (TPSA) is 38.3 Å². The van der Waals surface area contributed by atoms with Crippen molar-refractivity contribution < 1.29 is 9.53 Å². The van der Waals surface area contributed by atoms with Crippen molar-refractivity contribution >= 4 is 5.97 Å². The smallest absolute Gasteiger partial charge is 0.333 e. The van der Waals surface area contributed by atoms with E-state index in [4.69, 9.17) is 0 Å². The number of rotatable bonds is 6.